The second-order valence-electron chi connectivity index (χ2n) is 3.01. The van der Waals surface area contributed by atoms with E-state index in [0.717, 1.165) is 15.6 Å². The average Bonchev–Trinajstić information content (AvgIpc) is 2.46. The summed E-state index contributed by atoms with van der Waals surface area (Å²) in [6.07, 6.45) is -0.0267. The fourth-order valence-corrected chi connectivity index (χ4v) is 2.11. The number of aryl methyl sites for hydroxylation is 1. The molecule has 1 aromatic rings. The molecule has 0 bridgehead atoms. The van der Waals surface area contributed by atoms with Crippen LogP contribution in [0.1, 0.15) is 28.6 Å². The number of nitrogens with zero attached hydrogens (tertiary/aromatic N) is 1. The van der Waals surface area contributed by atoms with Gasteiger partial charge in [-0.15, -0.1) is 11.3 Å². The van der Waals surface area contributed by atoms with Crippen LogP contribution in [0.15, 0.2) is 0 Å². The third-order valence-corrected chi connectivity index (χ3v) is 3.24. The number of rotatable bonds is 4. The molecule has 1 aromatic heterocycles. The van der Waals surface area contributed by atoms with E-state index in [0.29, 0.717) is 0 Å². The fraction of sp³-hybridized carbons (Fsp3) is 0.556. The predicted molar refractivity (Wildman–Crippen MR) is 53.6 cm³/mol. The molecule has 5 heteroatoms. The summed E-state index contributed by atoms with van der Waals surface area (Å²) >= 11 is 1.40. The number of aromatic nitrogens is 1. The van der Waals surface area contributed by atoms with Gasteiger partial charge in [0.2, 0.25) is 0 Å². The Bertz CT molecular complexity index is 335. The normalized spacial score (nSPS) is 12.8. The molecule has 1 N–H and O–H groups in total. The number of ether oxygens (including phenoxy) is 1. The maximum Gasteiger partial charge on any atom is 0.308 e. The van der Waals surface area contributed by atoms with Gasteiger partial charge in [0, 0.05) is 12.0 Å². The van der Waals surface area contributed by atoms with Crippen molar-refractivity contribution in [3.63, 3.8) is 0 Å². The zero-order valence-corrected chi connectivity index (χ0v) is 9.22. The molecule has 1 heterocycles. The molecular formula is C9H13NO3S. The summed E-state index contributed by atoms with van der Waals surface area (Å²) in [5.41, 5.74) is 0.788. The highest BCUT2D eigenvalue weighted by atomic mass is 32.1. The lowest BCUT2D eigenvalue weighted by Gasteiger charge is -2.03. The van der Waals surface area contributed by atoms with Crippen LogP contribution in [0.2, 0.25) is 0 Å². The van der Waals surface area contributed by atoms with Crippen LogP contribution in [0.4, 0.5) is 0 Å². The van der Waals surface area contributed by atoms with E-state index in [2.05, 4.69) is 4.98 Å². The molecule has 1 atom stereocenters. The average molecular weight is 215 g/mol. The van der Waals surface area contributed by atoms with Gasteiger partial charge in [0.05, 0.1) is 12.1 Å². The Morgan fingerprint density at radius 3 is 2.86 bits per heavy atom. The number of hydrogen-bond acceptors (Lipinski definition) is 4. The van der Waals surface area contributed by atoms with Gasteiger partial charge in [0.25, 0.3) is 0 Å². The molecule has 0 spiro atoms. The Labute approximate surface area is 86.6 Å². The Balaban J connectivity index is 2.87. The van der Waals surface area contributed by atoms with Crippen molar-refractivity contribution >= 4 is 17.3 Å². The van der Waals surface area contributed by atoms with Crippen LogP contribution in [0.25, 0.3) is 0 Å². The summed E-state index contributed by atoms with van der Waals surface area (Å²) in [5.74, 6) is -0.826. The summed E-state index contributed by atoms with van der Waals surface area (Å²) in [6.45, 7) is 3.71. The Hall–Kier alpha value is -0.940. The van der Waals surface area contributed by atoms with E-state index >= 15 is 0 Å². The van der Waals surface area contributed by atoms with Crippen molar-refractivity contribution in [3.8, 4) is 0 Å². The minimum absolute atomic E-state index is 0.0416. The standard InChI is InChI=1S/C9H13NO3S/c1-5-7(4-8(11)12)14-9(10-5)6(2)13-3/h6H,4H2,1-3H3,(H,11,12). The monoisotopic (exact) mass is 215 g/mol. The van der Waals surface area contributed by atoms with Gasteiger partial charge in [0.1, 0.15) is 11.1 Å². The predicted octanol–water partition coefficient (Wildman–Crippen LogP) is 1.79. The fourth-order valence-electron chi connectivity index (χ4n) is 1.03. The lowest BCUT2D eigenvalue weighted by atomic mass is 10.3. The van der Waals surface area contributed by atoms with E-state index in [1.165, 1.54) is 11.3 Å². The molecular weight excluding hydrogens is 202 g/mol. The number of carbonyl (C=O) groups is 1. The zero-order valence-electron chi connectivity index (χ0n) is 8.40. The Kier molecular flexibility index (Phi) is 3.60. The summed E-state index contributed by atoms with van der Waals surface area (Å²) in [4.78, 5) is 15.6. The van der Waals surface area contributed by atoms with Crippen molar-refractivity contribution in [3.05, 3.63) is 15.6 Å². The van der Waals surface area contributed by atoms with Crippen LogP contribution in [0.3, 0.4) is 0 Å². The number of methoxy groups -OCH3 is 1. The van der Waals surface area contributed by atoms with Crippen molar-refractivity contribution in [2.75, 3.05) is 7.11 Å². The SMILES string of the molecule is COC(C)c1nc(C)c(CC(=O)O)s1. The number of carboxylic acids is 1. The van der Waals surface area contributed by atoms with Gasteiger partial charge in [0.15, 0.2) is 0 Å². The van der Waals surface area contributed by atoms with Crippen LogP contribution in [0.5, 0.6) is 0 Å². The topological polar surface area (TPSA) is 59.4 Å². The van der Waals surface area contributed by atoms with E-state index in [-0.39, 0.29) is 12.5 Å². The van der Waals surface area contributed by atoms with E-state index in [1.807, 2.05) is 13.8 Å². The summed E-state index contributed by atoms with van der Waals surface area (Å²) in [6, 6.07) is 0. The van der Waals surface area contributed by atoms with E-state index < -0.39 is 5.97 Å². The Morgan fingerprint density at radius 1 is 1.71 bits per heavy atom. The molecule has 0 aliphatic heterocycles. The molecule has 0 aliphatic carbocycles. The third-order valence-electron chi connectivity index (χ3n) is 1.92. The highest BCUT2D eigenvalue weighted by molar-refractivity contribution is 7.11. The van der Waals surface area contributed by atoms with Gasteiger partial charge >= 0.3 is 5.97 Å². The molecule has 0 saturated carbocycles. The van der Waals surface area contributed by atoms with Crippen molar-refractivity contribution in [1.29, 1.82) is 0 Å². The highest BCUT2D eigenvalue weighted by Crippen LogP contribution is 2.25. The van der Waals surface area contributed by atoms with Crippen molar-refractivity contribution in [2.24, 2.45) is 0 Å². The number of aliphatic carboxylic acids is 1. The first kappa shape index (κ1) is 11.1. The molecule has 0 aliphatic rings. The van der Waals surface area contributed by atoms with Gasteiger partial charge in [-0.1, -0.05) is 0 Å². The molecule has 1 rings (SSSR count). The Morgan fingerprint density at radius 2 is 2.36 bits per heavy atom. The summed E-state index contributed by atoms with van der Waals surface area (Å²) in [7, 11) is 1.61. The largest absolute Gasteiger partial charge is 0.481 e. The van der Waals surface area contributed by atoms with Crippen LogP contribution >= 0.6 is 11.3 Å². The minimum atomic E-state index is -0.826. The van der Waals surface area contributed by atoms with Gasteiger partial charge < -0.3 is 9.84 Å². The number of hydrogen-bond donors (Lipinski definition) is 1. The lowest BCUT2D eigenvalue weighted by molar-refractivity contribution is -0.136. The van der Waals surface area contributed by atoms with Gasteiger partial charge in [-0.2, -0.15) is 0 Å². The van der Waals surface area contributed by atoms with Gasteiger partial charge in [-0.3, -0.25) is 4.79 Å². The molecule has 0 aromatic carbocycles. The number of carboxylic acid groups (broad SMARTS) is 1. The maximum atomic E-state index is 10.5. The molecule has 1 unspecified atom stereocenters. The van der Waals surface area contributed by atoms with E-state index in [1.54, 1.807) is 7.11 Å². The minimum Gasteiger partial charge on any atom is -0.481 e. The maximum absolute atomic E-state index is 10.5. The first-order valence-electron chi connectivity index (χ1n) is 4.25. The summed E-state index contributed by atoms with van der Waals surface area (Å²) < 4.78 is 5.11. The molecule has 14 heavy (non-hydrogen) atoms. The van der Waals surface area contributed by atoms with E-state index in [9.17, 15) is 4.79 Å². The molecule has 78 valence electrons. The molecule has 0 radical (unpaired) electrons. The van der Waals surface area contributed by atoms with Crippen LogP contribution in [0, 0.1) is 6.92 Å². The van der Waals surface area contributed by atoms with Crippen molar-refractivity contribution < 1.29 is 14.6 Å². The summed E-state index contributed by atoms with van der Waals surface area (Å²) in [5, 5.41) is 9.48. The molecule has 0 saturated heterocycles. The smallest absolute Gasteiger partial charge is 0.308 e. The quantitative estimate of drug-likeness (QED) is 0.831. The van der Waals surface area contributed by atoms with Crippen LogP contribution in [-0.4, -0.2) is 23.2 Å². The number of thiazole rings is 1. The van der Waals surface area contributed by atoms with Gasteiger partial charge in [-0.25, -0.2) is 4.98 Å². The van der Waals surface area contributed by atoms with Crippen LogP contribution < -0.4 is 0 Å². The highest BCUT2D eigenvalue weighted by Gasteiger charge is 2.14. The van der Waals surface area contributed by atoms with Crippen molar-refractivity contribution in [1.82, 2.24) is 4.98 Å². The molecule has 0 fully saturated rings. The molecule has 0 amide bonds. The third kappa shape index (κ3) is 2.52. The first-order chi connectivity index (χ1) is 6.54. The molecule has 4 nitrogen and oxygen atoms in total. The first-order valence-corrected chi connectivity index (χ1v) is 5.07. The van der Waals surface area contributed by atoms with E-state index in [4.69, 9.17) is 9.84 Å². The second kappa shape index (κ2) is 4.52. The second-order valence-corrected chi connectivity index (χ2v) is 4.12. The lowest BCUT2D eigenvalue weighted by Crippen LogP contribution is -1.99. The van der Waals surface area contributed by atoms with Crippen molar-refractivity contribution in [2.45, 2.75) is 26.4 Å². The zero-order chi connectivity index (χ0) is 10.7. The van der Waals surface area contributed by atoms with Gasteiger partial charge in [-0.05, 0) is 13.8 Å². The van der Waals surface area contributed by atoms with Crippen LogP contribution in [-0.2, 0) is 16.0 Å².